The van der Waals surface area contributed by atoms with Crippen molar-refractivity contribution >= 4 is 23.2 Å². The second-order valence-electron chi connectivity index (χ2n) is 4.81. The zero-order valence-corrected chi connectivity index (χ0v) is 11.2. The Hall–Kier alpha value is -0.240. The summed E-state index contributed by atoms with van der Waals surface area (Å²) in [7, 11) is 0. The summed E-state index contributed by atoms with van der Waals surface area (Å²) in [6, 6.07) is 6.03. The third kappa shape index (κ3) is 2.37. The van der Waals surface area contributed by atoms with E-state index in [9.17, 15) is 0 Å². The number of halogens is 2. The van der Waals surface area contributed by atoms with E-state index in [2.05, 4.69) is 19.2 Å². The van der Waals surface area contributed by atoms with Crippen LogP contribution in [0.3, 0.4) is 0 Å². The lowest BCUT2D eigenvalue weighted by Crippen LogP contribution is -2.28. The maximum absolute atomic E-state index is 6.26. The molecule has 88 valence electrons. The van der Waals surface area contributed by atoms with Gasteiger partial charge in [0, 0.05) is 16.1 Å². The van der Waals surface area contributed by atoms with Crippen LogP contribution in [0.4, 0.5) is 0 Å². The summed E-state index contributed by atoms with van der Waals surface area (Å²) in [5.41, 5.74) is 1.49. The zero-order valence-electron chi connectivity index (χ0n) is 9.69. The first kappa shape index (κ1) is 12.2. The van der Waals surface area contributed by atoms with E-state index in [4.69, 9.17) is 23.2 Å². The number of benzene rings is 1. The van der Waals surface area contributed by atoms with Crippen molar-refractivity contribution in [1.82, 2.24) is 5.32 Å². The summed E-state index contributed by atoms with van der Waals surface area (Å²) in [6.45, 7) is 5.37. The normalized spacial score (nSPS) is 19.5. The standard InChI is InChI=1S/C13H17Cl2N/c1-3-16-12(13(2)6-7-13)10-8-9(14)4-5-11(10)15/h4-5,8,12,16H,3,6-7H2,1-2H3. The second kappa shape index (κ2) is 4.56. The zero-order chi connectivity index (χ0) is 11.8. The third-order valence-corrected chi connectivity index (χ3v) is 3.99. The lowest BCUT2D eigenvalue weighted by Gasteiger charge is -2.26. The molecule has 3 heteroatoms. The molecule has 2 rings (SSSR count). The summed E-state index contributed by atoms with van der Waals surface area (Å²) >= 11 is 12.3. The Balaban J connectivity index is 2.34. The molecule has 0 aromatic heterocycles. The van der Waals surface area contributed by atoms with Crippen LogP contribution in [-0.4, -0.2) is 6.54 Å². The van der Waals surface area contributed by atoms with Crippen LogP contribution in [0.1, 0.15) is 38.3 Å². The molecular weight excluding hydrogens is 241 g/mol. The Morgan fingerprint density at radius 3 is 2.62 bits per heavy atom. The summed E-state index contributed by atoms with van der Waals surface area (Å²) in [5, 5.41) is 5.09. The highest BCUT2D eigenvalue weighted by molar-refractivity contribution is 6.33. The molecule has 1 aromatic rings. The lowest BCUT2D eigenvalue weighted by molar-refractivity contribution is 0.373. The second-order valence-corrected chi connectivity index (χ2v) is 5.65. The van der Waals surface area contributed by atoms with Crippen molar-refractivity contribution in [2.45, 2.75) is 32.7 Å². The minimum absolute atomic E-state index is 0.323. The SMILES string of the molecule is CCNC(c1cc(Cl)ccc1Cl)C1(C)CC1. The molecule has 1 aliphatic rings. The highest BCUT2D eigenvalue weighted by Gasteiger charge is 2.45. The monoisotopic (exact) mass is 257 g/mol. The predicted octanol–water partition coefficient (Wildman–Crippen LogP) is 4.44. The van der Waals surface area contributed by atoms with E-state index in [0.29, 0.717) is 11.5 Å². The maximum Gasteiger partial charge on any atom is 0.0455 e. The number of hydrogen-bond acceptors (Lipinski definition) is 1. The average molecular weight is 258 g/mol. The molecule has 0 amide bonds. The highest BCUT2D eigenvalue weighted by Crippen LogP contribution is 2.55. The van der Waals surface area contributed by atoms with Gasteiger partial charge in [-0.1, -0.05) is 37.0 Å². The van der Waals surface area contributed by atoms with Crippen molar-refractivity contribution in [3.63, 3.8) is 0 Å². The van der Waals surface area contributed by atoms with Crippen LogP contribution in [0.2, 0.25) is 10.0 Å². The Morgan fingerprint density at radius 2 is 2.06 bits per heavy atom. The molecule has 0 heterocycles. The summed E-state index contributed by atoms with van der Waals surface area (Å²) in [5.74, 6) is 0. The van der Waals surface area contributed by atoms with E-state index in [-0.39, 0.29) is 0 Å². The van der Waals surface area contributed by atoms with Gasteiger partial charge in [-0.2, -0.15) is 0 Å². The first-order valence-electron chi connectivity index (χ1n) is 5.75. The fraction of sp³-hybridized carbons (Fsp3) is 0.538. The van der Waals surface area contributed by atoms with Gasteiger partial charge in [0.2, 0.25) is 0 Å². The molecule has 16 heavy (non-hydrogen) atoms. The van der Waals surface area contributed by atoms with Crippen LogP contribution in [0.25, 0.3) is 0 Å². The van der Waals surface area contributed by atoms with E-state index >= 15 is 0 Å². The third-order valence-electron chi connectivity index (χ3n) is 3.41. The lowest BCUT2D eigenvalue weighted by atomic mass is 9.91. The summed E-state index contributed by atoms with van der Waals surface area (Å²) < 4.78 is 0. The van der Waals surface area contributed by atoms with Crippen LogP contribution in [0.5, 0.6) is 0 Å². The maximum atomic E-state index is 6.26. The summed E-state index contributed by atoms with van der Waals surface area (Å²) in [6.07, 6.45) is 2.51. The van der Waals surface area contributed by atoms with Crippen molar-refractivity contribution in [3.8, 4) is 0 Å². The van der Waals surface area contributed by atoms with Crippen molar-refractivity contribution < 1.29 is 0 Å². The van der Waals surface area contributed by atoms with E-state index in [0.717, 1.165) is 22.2 Å². The van der Waals surface area contributed by atoms with Crippen LogP contribution in [0.15, 0.2) is 18.2 Å². The van der Waals surface area contributed by atoms with Crippen molar-refractivity contribution in [1.29, 1.82) is 0 Å². The Bertz CT molecular complexity index is 386. The summed E-state index contributed by atoms with van der Waals surface area (Å²) in [4.78, 5) is 0. The predicted molar refractivity (Wildman–Crippen MR) is 70.2 cm³/mol. The molecule has 1 N–H and O–H groups in total. The van der Waals surface area contributed by atoms with Crippen molar-refractivity contribution in [2.75, 3.05) is 6.54 Å². The average Bonchev–Trinajstić information content (AvgIpc) is 2.98. The molecule has 1 aliphatic carbocycles. The molecular formula is C13H17Cl2N. The largest absolute Gasteiger partial charge is 0.310 e. The first-order valence-corrected chi connectivity index (χ1v) is 6.51. The van der Waals surface area contributed by atoms with Gasteiger partial charge < -0.3 is 5.32 Å². The van der Waals surface area contributed by atoms with E-state index in [1.165, 1.54) is 12.8 Å². The Kier molecular flexibility index (Phi) is 3.48. The molecule has 0 spiro atoms. The molecule has 0 saturated heterocycles. The Labute approximate surface area is 107 Å². The van der Waals surface area contributed by atoms with Crippen LogP contribution in [0, 0.1) is 5.41 Å². The van der Waals surface area contributed by atoms with Gasteiger partial charge in [0.1, 0.15) is 0 Å². The molecule has 0 radical (unpaired) electrons. The molecule has 1 saturated carbocycles. The van der Waals surface area contributed by atoms with Gasteiger partial charge in [0.15, 0.2) is 0 Å². The molecule has 1 atom stereocenters. The topological polar surface area (TPSA) is 12.0 Å². The van der Waals surface area contributed by atoms with Crippen molar-refractivity contribution in [3.05, 3.63) is 33.8 Å². The van der Waals surface area contributed by atoms with Gasteiger partial charge in [-0.25, -0.2) is 0 Å². The number of nitrogens with one attached hydrogen (secondary N) is 1. The molecule has 0 bridgehead atoms. The minimum atomic E-state index is 0.323. The fourth-order valence-corrected chi connectivity index (χ4v) is 2.56. The quantitative estimate of drug-likeness (QED) is 0.841. The van der Waals surface area contributed by atoms with Gasteiger partial charge in [0.05, 0.1) is 0 Å². The molecule has 1 unspecified atom stereocenters. The Morgan fingerprint density at radius 1 is 1.38 bits per heavy atom. The fourth-order valence-electron chi connectivity index (χ4n) is 2.16. The van der Waals surface area contributed by atoms with Crippen LogP contribution in [-0.2, 0) is 0 Å². The molecule has 0 aliphatic heterocycles. The van der Waals surface area contributed by atoms with Gasteiger partial charge in [-0.15, -0.1) is 0 Å². The van der Waals surface area contributed by atoms with Crippen molar-refractivity contribution in [2.24, 2.45) is 5.41 Å². The smallest absolute Gasteiger partial charge is 0.0455 e. The van der Waals surface area contributed by atoms with Gasteiger partial charge in [-0.05, 0) is 48.6 Å². The van der Waals surface area contributed by atoms with Gasteiger partial charge in [0.25, 0.3) is 0 Å². The minimum Gasteiger partial charge on any atom is -0.310 e. The van der Waals surface area contributed by atoms with Gasteiger partial charge >= 0.3 is 0 Å². The highest BCUT2D eigenvalue weighted by atomic mass is 35.5. The van der Waals surface area contributed by atoms with E-state index in [1.807, 2.05) is 18.2 Å². The number of rotatable bonds is 4. The van der Waals surface area contributed by atoms with E-state index in [1.54, 1.807) is 0 Å². The molecule has 1 fully saturated rings. The first-order chi connectivity index (χ1) is 7.57. The van der Waals surface area contributed by atoms with Crippen LogP contribution >= 0.6 is 23.2 Å². The van der Waals surface area contributed by atoms with Crippen LogP contribution < -0.4 is 5.32 Å². The van der Waals surface area contributed by atoms with E-state index < -0.39 is 0 Å². The number of hydrogen-bond donors (Lipinski definition) is 1. The molecule has 1 aromatic carbocycles. The van der Waals surface area contributed by atoms with Gasteiger partial charge in [-0.3, -0.25) is 0 Å². The molecule has 1 nitrogen and oxygen atoms in total.